The average Bonchev–Trinajstić information content (AvgIpc) is 3.03. The van der Waals surface area contributed by atoms with Crippen LogP contribution in [0.2, 0.25) is 0 Å². The molecule has 0 saturated carbocycles. The van der Waals surface area contributed by atoms with Gasteiger partial charge in [-0.15, -0.1) is 0 Å². The summed E-state index contributed by atoms with van der Waals surface area (Å²) in [6.45, 7) is 0. The normalized spacial score (nSPS) is 21.5. The van der Waals surface area contributed by atoms with Gasteiger partial charge in [0.1, 0.15) is 23.0 Å². The summed E-state index contributed by atoms with van der Waals surface area (Å²) in [5.74, 6) is 0.0948. The number of phenolic OH excluding ortho intramolecular Hbond substituents is 4. The molecule has 1 heterocycles. The number of benzene rings is 4. The molecule has 1 aliphatic heterocycles. The van der Waals surface area contributed by atoms with Crippen molar-refractivity contribution in [3.05, 3.63) is 125 Å². The first-order chi connectivity index (χ1) is 21.7. The maximum Gasteiger partial charge on any atom is 0.115 e. The molecular formula is C38H42O7. The van der Waals surface area contributed by atoms with Crippen LogP contribution in [-0.2, 0) is 17.6 Å². The molecule has 7 heteroatoms. The minimum absolute atomic E-state index is 0.143. The Morgan fingerprint density at radius 1 is 0.689 bits per heavy atom. The van der Waals surface area contributed by atoms with Crippen LogP contribution < -0.4 is 0 Å². The van der Waals surface area contributed by atoms with E-state index >= 15 is 0 Å². The number of rotatable bonds is 12. The van der Waals surface area contributed by atoms with Crippen molar-refractivity contribution in [3.8, 4) is 23.0 Å². The fraction of sp³-hybridized carbons (Fsp3) is 0.316. The molecule has 0 amide bonds. The maximum atomic E-state index is 11.8. The molecule has 0 radical (unpaired) electrons. The van der Waals surface area contributed by atoms with Crippen molar-refractivity contribution in [2.75, 3.05) is 0 Å². The van der Waals surface area contributed by atoms with E-state index in [0.29, 0.717) is 32.1 Å². The lowest BCUT2D eigenvalue weighted by atomic mass is 9.73. The largest absolute Gasteiger partial charge is 0.508 e. The molecule has 6 N–H and O–H groups in total. The Bertz CT molecular complexity index is 1500. The van der Waals surface area contributed by atoms with E-state index < -0.39 is 18.3 Å². The van der Waals surface area contributed by atoms with Crippen LogP contribution in [0.3, 0.4) is 0 Å². The van der Waals surface area contributed by atoms with Gasteiger partial charge in [-0.1, -0.05) is 60.7 Å². The lowest BCUT2D eigenvalue weighted by molar-refractivity contribution is -0.153. The third kappa shape index (κ3) is 9.11. The molecule has 4 aromatic rings. The molecule has 4 aromatic carbocycles. The van der Waals surface area contributed by atoms with Crippen LogP contribution in [0.15, 0.2) is 103 Å². The Morgan fingerprint density at radius 2 is 1.20 bits per heavy atom. The van der Waals surface area contributed by atoms with Crippen LogP contribution in [-0.4, -0.2) is 49.0 Å². The fourth-order valence-electron chi connectivity index (χ4n) is 6.24. The van der Waals surface area contributed by atoms with Gasteiger partial charge in [-0.2, -0.15) is 0 Å². The number of phenols is 4. The molecular weight excluding hydrogens is 568 g/mol. The van der Waals surface area contributed by atoms with Crippen molar-refractivity contribution in [1.82, 2.24) is 0 Å². The van der Waals surface area contributed by atoms with Gasteiger partial charge in [-0.25, -0.2) is 0 Å². The molecule has 0 bridgehead atoms. The van der Waals surface area contributed by atoms with Crippen molar-refractivity contribution in [2.24, 2.45) is 11.8 Å². The number of allylic oxidation sites excluding steroid dienone is 1. The maximum absolute atomic E-state index is 11.8. The third-order valence-corrected chi connectivity index (χ3v) is 8.72. The fourth-order valence-corrected chi connectivity index (χ4v) is 6.24. The molecule has 6 atom stereocenters. The van der Waals surface area contributed by atoms with Crippen LogP contribution in [0.25, 0.3) is 6.08 Å². The predicted octanol–water partition coefficient (Wildman–Crippen LogP) is 6.66. The Morgan fingerprint density at radius 3 is 1.78 bits per heavy atom. The van der Waals surface area contributed by atoms with E-state index in [0.717, 1.165) is 28.7 Å². The van der Waals surface area contributed by atoms with Gasteiger partial charge >= 0.3 is 0 Å². The lowest BCUT2D eigenvalue weighted by Crippen LogP contribution is -2.43. The van der Waals surface area contributed by atoms with Gasteiger partial charge in [0.25, 0.3) is 0 Å². The first-order valence-corrected chi connectivity index (χ1v) is 15.6. The third-order valence-electron chi connectivity index (χ3n) is 8.72. The number of aliphatic hydroxyl groups is 2. The monoisotopic (exact) mass is 610 g/mol. The van der Waals surface area contributed by atoms with Gasteiger partial charge < -0.3 is 35.4 Å². The number of aromatic hydroxyl groups is 4. The van der Waals surface area contributed by atoms with Crippen molar-refractivity contribution in [1.29, 1.82) is 0 Å². The van der Waals surface area contributed by atoms with Crippen molar-refractivity contribution in [3.63, 3.8) is 0 Å². The zero-order valence-electron chi connectivity index (χ0n) is 25.2. The zero-order valence-corrected chi connectivity index (χ0v) is 25.2. The summed E-state index contributed by atoms with van der Waals surface area (Å²) >= 11 is 0. The number of aryl methyl sites for hydroxylation is 2. The highest BCUT2D eigenvalue weighted by Gasteiger charge is 2.42. The molecule has 5 rings (SSSR count). The van der Waals surface area contributed by atoms with Crippen LogP contribution in [0, 0.1) is 11.8 Å². The first-order valence-electron chi connectivity index (χ1n) is 15.6. The molecule has 236 valence electrons. The SMILES string of the molecule is Oc1ccc(/C=C/[C@@H](C[C@@H](O)CCc2ccc(O)cc2)[C@@H]2[C@@H](c3ccc(O)cc3)O[C@@H](CCc3ccc(O)cc3)C[C@@H]2O)cc1. The minimum atomic E-state index is -0.721. The number of hydrogen-bond donors (Lipinski definition) is 6. The van der Waals surface area contributed by atoms with Gasteiger partial charge in [0.2, 0.25) is 0 Å². The van der Waals surface area contributed by atoms with Gasteiger partial charge in [0.15, 0.2) is 0 Å². The van der Waals surface area contributed by atoms with E-state index in [2.05, 4.69) is 0 Å². The van der Waals surface area contributed by atoms with Crippen LogP contribution in [0.1, 0.15) is 54.0 Å². The molecule has 1 saturated heterocycles. The highest BCUT2D eigenvalue weighted by atomic mass is 16.5. The smallest absolute Gasteiger partial charge is 0.115 e. The molecule has 1 fully saturated rings. The van der Waals surface area contributed by atoms with Gasteiger partial charge in [-0.05, 0) is 115 Å². The first kappa shape index (κ1) is 32.1. The standard InChI is InChI=1S/C38H42O7/c39-30-13-2-25(3-14-30)1-10-29(23-34(43)19-8-26-4-15-31(40)16-5-26)37-36(44)24-35(22-9-27-6-17-32(41)18-7-27)45-38(37)28-11-20-33(42)21-12-28/h1-7,10-18,20-21,29,34-44H,8-9,19,22-24H2/b10-1+/t29-,34-,35-,36-,37-,38+/m0/s1. The second-order valence-electron chi connectivity index (χ2n) is 12.1. The van der Waals surface area contributed by atoms with Crippen molar-refractivity contribution in [2.45, 2.75) is 62.9 Å². The molecule has 0 unspecified atom stereocenters. The van der Waals surface area contributed by atoms with Crippen molar-refractivity contribution >= 4 is 6.08 Å². The summed E-state index contributed by atoms with van der Waals surface area (Å²) in [5.41, 5.74) is 3.81. The van der Waals surface area contributed by atoms with Crippen LogP contribution in [0.5, 0.6) is 23.0 Å². The second-order valence-corrected chi connectivity index (χ2v) is 12.1. The molecule has 0 aliphatic carbocycles. The summed E-state index contributed by atoms with van der Waals surface area (Å²) in [6, 6.07) is 27.8. The summed E-state index contributed by atoms with van der Waals surface area (Å²) < 4.78 is 6.75. The van der Waals surface area contributed by atoms with Crippen LogP contribution in [0.4, 0.5) is 0 Å². The molecule has 7 nitrogen and oxygen atoms in total. The Balaban J connectivity index is 1.39. The Labute approximate surface area is 264 Å². The van der Waals surface area contributed by atoms with Crippen molar-refractivity contribution < 1.29 is 35.4 Å². The Kier molecular flexibility index (Phi) is 10.8. The number of ether oxygens (including phenoxy) is 1. The lowest BCUT2D eigenvalue weighted by Gasteiger charge is -2.44. The van der Waals surface area contributed by atoms with Gasteiger partial charge in [0, 0.05) is 5.92 Å². The van der Waals surface area contributed by atoms with E-state index in [1.54, 1.807) is 48.5 Å². The quantitative estimate of drug-likeness (QED) is 0.106. The number of aliphatic hydroxyl groups excluding tert-OH is 2. The van der Waals surface area contributed by atoms with E-state index in [-0.39, 0.29) is 40.9 Å². The van der Waals surface area contributed by atoms with E-state index in [1.165, 1.54) is 0 Å². The Hall–Kier alpha value is -4.30. The predicted molar refractivity (Wildman–Crippen MR) is 174 cm³/mol. The van der Waals surface area contributed by atoms with Gasteiger partial charge in [0.05, 0.1) is 24.4 Å². The highest BCUT2D eigenvalue weighted by Crippen LogP contribution is 2.44. The van der Waals surface area contributed by atoms with E-state index in [4.69, 9.17) is 4.74 Å². The van der Waals surface area contributed by atoms with Crippen LogP contribution >= 0.6 is 0 Å². The molecule has 0 spiro atoms. The summed E-state index contributed by atoms with van der Waals surface area (Å²) in [6.07, 6.45) is 5.28. The summed E-state index contributed by atoms with van der Waals surface area (Å²) in [7, 11) is 0. The van der Waals surface area contributed by atoms with E-state index in [1.807, 2.05) is 60.7 Å². The molecule has 45 heavy (non-hydrogen) atoms. The second kappa shape index (κ2) is 15.1. The average molecular weight is 611 g/mol. The number of hydrogen-bond acceptors (Lipinski definition) is 7. The highest BCUT2D eigenvalue weighted by molar-refractivity contribution is 5.51. The van der Waals surface area contributed by atoms with E-state index in [9.17, 15) is 30.6 Å². The zero-order chi connectivity index (χ0) is 31.8. The summed E-state index contributed by atoms with van der Waals surface area (Å²) in [4.78, 5) is 0. The minimum Gasteiger partial charge on any atom is -0.508 e. The molecule has 1 aliphatic rings. The summed E-state index contributed by atoms with van der Waals surface area (Å²) in [5, 5.41) is 62.0. The topological polar surface area (TPSA) is 131 Å². The van der Waals surface area contributed by atoms with Gasteiger partial charge in [-0.3, -0.25) is 0 Å². The molecule has 0 aromatic heterocycles.